The monoisotopic (exact) mass is 206 g/mol. The molecule has 1 heterocycles. The van der Waals surface area contributed by atoms with E-state index >= 15 is 0 Å². The molecule has 0 saturated heterocycles. The number of H-pyrrole nitrogens is 1. The number of rotatable bonds is 1. The van der Waals surface area contributed by atoms with Crippen LogP contribution in [0.3, 0.4) is 0 Å². The molecule has 78 valence electrons. The fourth-order valence-electron chi connectivity index (χ4n) is 1.19. The molecule has 2 aromatic rings. The molecule has 2 rings (SSSR count). The van der Waals surface area contributed by atoms with Crippen molar-refractivity contribution in [3.8, 4) is 6.01 Å². The van der Waals surface area contributed by atoms with Gasteiger partial charge in [0.25, 0.3) is 0 Å². The van der Waals surface area contributed by atoms with Gasteiger partial charge in [-0.15, -0.1) is 0 Å². The molecule has 4 N–H and O–H groups in total. The maximum absolute atomic E-state index is 10.9. The fraction of sp³-hybridized carbons (Fsp3) is 0.111. The molecule has 0 bridgehead atoms. The molecule has 15 heavy (non-hydrogen) atoms. The van der Waals surface area contributed by atoms with E-state index in [0.29, 0.717) is 11.2 Å². The molecule has 1 amide bonds. The molecular formula is C9H10N4O2. The summed E-state index contributed by atoms with van der Waals surface area (Å²) in [6.07, 6.45) is -0.568. The number of carbonyl (C=O) groups excluding carboxylic acids is 1. The van der Waals surface area contributed by atoms with E-state index in [1.165, 1.54) is 7.05 Å². The summed E-state index contributed by atoms with van der Waals surface area (Å²) < 4.78 is 4.83. The summed E-state index contributed by atoms with van der Waals surface area (Å²) in [7, 11) is 1.48. The van der Waals surface area contributed by atoms with Crippen molar-refractivity contribution in [1.29, 1.82) is 0 Å². The van der Waals surface area contributed by atoms with Crippen LogP contribution in [-0.4, -0.2) is 23.1 Å². The number of fused-ring (bicyclic) bond motifs is 1. The predicted octanol–water partition coefficient (Wildman–Crippen LogP) is 0.863. The Balaban J connectivity index is 2.34. The number of amides is 1. The zero-order valence-electron chi connectivity index (χ0n) is 8.07. The van der Waals surface area contributed by atoms with Crippen LogP contribution in [0.1, 0.15) is 0 Å². The van der Waals surface area contributed by atoms with E-state index in [4.69, 9.17) is 10.5 Å². The number of nitrogens with zero attached hydrogens (tertiary/aromatic N) is 1. The van der Waals surface area contributed by atoms with Gasteiger partial charge in [0, 0.05) is 12.7 Å². The molecule has 0 unspecified atom stereocenters. The van der Waals surface area contributed by atoms with Crippen molar-refractivity contribution in [2.75, 3.05) is 12.8 Å². The molecule has 1 aromatic carbocycles. The summed E-state index contributed by atoms with van der Waals surface area (Å²) in [4.78, 5) is 17.8. The lowest BCUT2D eigenvalue weighted by Gasteiger charge is -1.96. The quantitative estimate of drug-likeness (QED) is 0.603. The molecule has 6 nitrogen and oxygen atoms in total. The minimum absolute atomic E-state index is 0.148. The zero-order chi connectivity index (χ0) is 10.8. The standard InChI is InChI=1S/C9H10N4O2/c1-11-9(14)15-8-12-6-3-2-5(10)4-7(6)13-8/h2-4H,10H2,1H3,(H,11,14)(H,12,13). The Bertz CT molecular complexity index is 506. The summed E-state index contributed by atoms with van der Waals surface area (Å²) in [5, 5.41) is 2.32. The Morgan fingerprint density at radius 1 is 1.60 bits per heavy atom. The van der Waals surface area contributed by atoms with Crippen LogP contribution in [-0.2, 0) is 0 Å². The lowest BCUT2D eigenvalue weighted by Crippen LogP contribution is -2.22. The number of ether oxygens (including phenoxy) is 1. The molecule has 0 aliphatic rings. The van der Waals surface area contributed by atoms with E-state index in [1.54, 1.807) is 18.2 Å². The topological polar surface area (TPSA) is 93.0 Å². The summed E-state index contributed by atoms with van der Waals surface area (Å²) in [6, 6.07) is 5.35. The second-order valence-corrected chi connectivity index (χ2v) is 2.96. The molecule has 0 radical (unpaired) electrons. The third-order valence-corrected chi connectivity index (χ3v) is 1.88. The summed E-state index contributed by atoms with van der Waals surface area (Å²) >= 11 is 0. The lowest BCUT2D eigenvalue weighted by molar-refractivity contribution is 0.199. The highest BCUT2D eigenvalue weighted by atomic mass is 16.6. The Kier molecular flexibility index (Phi) is 2.17. The van der Waals surface area contributed by atoms with Gasteiger partial charge in [-0.05, 0) is 18.2 Å². The van der Waals surface area contributed by atoms with Gasteiger partial charge in [0.05, 0.1) is 11.0 Å². The SMILES string of the molecule is CNC(=O)Oc1nc2ccc(N)cc2[nH]1. The summed E-state index contributed by atoms with van der Waals surface area (Å²) in [6.45, 7) is 0. The minimum atomic E-state index is -0.568. The van der Waals surface area contributed by atoms with E-state index in [2.05, 4.69) is 15.3 Å². The van der Waals surface area contributed by atoms with Gasteiger partial charge in [-0.1, -0.05) is 0 Å². The molecule has 0 aliphatic heterocycles. The summed E-state index contributed by atoms with van der Waals surface area (Å²) in [5.41, 5.74) is 7.64. The second kappa shape index (κ2) is 3.49. The van der Waals surface area contributed by atoms with Crippen LogP contribution < -0.4 is 15.8 Å². The highest BCUT2D eigenvalue weighted by Crippen LogP contribution is 2.18. The zero-order valence-corrected chi connectivity index (χ0v) is 8.07. The van der Waals surface area contributed by atoms with E-state index in [-0.39, 0.29) is 6.01 Å². The molecule has 0 aliphatic carbocycles. The molecule has 6 heteroatoms. The van der Waals surface area contributed by atoms with E-state index < -0.39 is 6.09 Å². The number of nitrogens with one attached hydrogen (secondary N) is 2. The van der Waals surface area contributed by atoms with Crippen molar-refractivity contribution in [1.82, 2.24) is 15.3 Å². The Labute approximate surface area is 85.4 Å². The third kappa shape index (κ3) is 1.83. The van der Waals surface area contributed by atoms with Gasteiger partial charge in [-0.25, -0.2) is 4.79 Å². The van der Waals surface area contributed by atoms with Crippen molar-refractivity contribution in [3.63, 3.8) is 0 Å². The van der Waals surface area contributed by atoms with E-state index in [0.717, 1.165) is 5.52 Å². The highest BCUT2D eigenvalue weighted by Gasteiger charge is 2.07. The van der Waals surface area contributed by atoms with Gasteiger partial charge in [0.15, 0.2) is 0 Å². The number of nitrogen functional groups attached to an aromatic ring is 1. The molecule has 0 saturated carbocycles. The average molecular weight is 206 g/mol. The van der Waals surface area contributed by atoms with Crippen LogP contribution >= 0.6 is 0 Å². The maximum atomic E-state index is 10.9. The van der Waals surface area contributed by atoms with Gasteiger partial charge in [0.1, 0.15) is 0 Å². The van der Waals surface area contributed by atoms with Crippen LogP contribution in [0.25, 0.3) is 11.0 Å². The van der Waals surface area contributed by atoms with E-state index in [1.807, 2.05) is 0 Å². The number of aromatic amines is 1. The predicted molar refractivity (Wildman–Crippen MR) is 55.6 cm³/mol. The van der Waals surface area contributed by atoms with Crippen molar-refractivity contribution in [3.05, 3.63) is 18.2 Å². The van der Waals surface area contributed by atoms with Gasteiger partial charge in [0.2, 0.25) is 0 Å². The molecular weight excluding hydrogens is 196 g/mol. The minimum Gasteiger partial charge on any atom is -0.399 e. The van der Waals surface area contributed by atoms with Crippen LogP contribution in [0.5, 0.6) is 6.01 Å². The van der Waals surface area contributed by atoms with Gasteiger partial charge in [-0.3, -0.25) is 0 Å². The van der Waals surface area contributed by atoms with Crippen LogP contribution in [0.2, 0.25) is 0 Å². The first-order valence-corrected chi connectivity index (χ1v) is 4.34. The first-order chi connectivity index (χ1) is 7.19. The van der Waals surface area contributed by atoms with E-state index in [9.17, 15) is 4.79 Å². The maximum Gasteiger partial charge on any atom is 0.414 e. The number of nitrogens with two attached hydrogens (primary N) is 1. The van der Waals surface area contributed by atoms with Gasteiger partial charge in [-0.2, -0.15) is 4.98 Å². The van der Waals surface area contributed by atoms with Crippen molar-refractivity contribution in [2.45, 2.75) is 0 Å². The Morgan fingerprint density at radius 3 is 3.13 bits per heavy atom. The molecule has 0 atom stereocenters. The Hall–Kier alpha value is -2.24. The van der Waals surface area contributed by atoms with Crippen LogP contribution in [0.15, 0.2) is 18.2 Å². The average Bonchev–Trinajstić information content (AvgIpc) is 2.59. The van der Waals surface area contributed by atoms with Gasteiger partial charge >= 0.3 is 12.1 Å². The molecule has 0 fully saturated rings. The molecule has 1 aromatic heterocycles. The third-order valence-electron chi connectivity index (χ3n) is 1.88. The highest BCUT2D eigenvalue weighted by molar-refractivity contribution is 5.80. The Morgan fingerprint density at radius 2 is 2.40 bits per heavy atom. The largest absolute Gasteiger partial charge is 0.414 e. The molecule has 0 spiro atoms. The summed E-state index contributed by atoms with van der Waals surface area (Å²) in [5.74, 6) is 0. The number of benzene rings is 1. The smallest absolute Gasteiger partial charge is 0.399 e. The number of carbonyl (C=O) groups is 1. The normalized spacial score (nSPS) is 10.2. The lowest BCUT2D eigenvalue weighted by atomic mass is 10.3. The first-order valence-electron chi connectivity index (χ1n) is 4.34. The number of hydrogen-bond donors (Lipinski definition) is 3. The van der Waals surface area contributed by atoms with Crippen molar-refractivity contribution in [2.24, 2.45) is 0 Å². The van der Waals surface area contributed by atoms with Crippen LogP contribution in [0.4, 0.5) is 10.5 Å². The van der Waals surface area contributed by atoms with Crippen molar-refractivity contribution < 1.29 is 9.53 Å². The first kappa shape index (κ1) is 9.32. The number of anilines is 1. The van der Waals surface area contributed by atoms with Crippen LogP contribution in [0, 0.1) is 0 Å². The fourth-order valence-corrected chi connectivity index (χ4v) is 1.19. The number of hydrogen-bond acceptors (Lipinski definition) is 4. The second-order valence-electron chi connectivity index (χ2n) is 2.96. The van der Waals surface area contributed by atoms with Crippen molar-refractivity contribution >= 4 is 22.8 Å². The number of imidazole rings is 1. The van der Waals surface area contributed by atoms with Gasteiger partial charge < -0.3 is 20.8 Å². The number of aromatic nitrogens is 2.